The molecule has 3 atom stereocenters. The summed E-state index contributed by atoms with van der Waals surface area (Å²) < 4.78 is 13.4. The third kappa shape index (κ3) is 4.82. The maximum Gasteiger partial charge on any atom is 0.243 e. The molecule has 0 aliphatic carbocycles. The molecule has 4 aromatic rings. The van der Waals surface area contributed by atoms with Gasteiger partial charge in [0.25, 0.3) is 0 Å². The molecular weight excluding hydrogens is 499 g/mol. The second-order valence-corrected chi connectivity index (χ2v) is 10.1. The number of anilines is 1. The molecule has 1 aromatic heterocycles. The highest BCUT2D eigenvalue weighted by Gasteiger charge is 2.49. The minimum absolute atomic E-state index is 0.0791. The molecule has 2 unspecified atom stereocenters. The van der Waals surface area contributed by atoms with Crippen LogP contribution in [0.3, 0.4) is 0 Å². The second kappa shape index (κ2) is 10.3. The van der Waals surface area contributed by atoms with Crippen molar-refractivity contribution in [1.29, 1.82) is 0 Å². The van der Waals surface area contributed by atoms with Gasteiger partial charge in [-0.15, -0.1) is 11.8 Å². The number of hydrogen-bond acceptors (Lipinski definition) is 5. The summed E-state index contributed by atoms with van der Waals surface area (Å²) in [6, 6.07) is 21.9. The van der Waals surface area contributed by atoms with Crippen LogP contribution in [0, 0.1) is 5.82 Å². The van der Waals surface area contributed by atoms with E-state index in [2.05, 4.69) is 4.98 Å². The third-order valence-corrected chi connectivity index (χ3v) is 7.83. The number of phenolic OH excluding ortho intramolecular Hbond substituents is 1. The van der Waals surface area contributed by atoms with Crippen molar-refractivity contribution in [3.63, 3.8) is 0 Å². The van der Waals surface area contributed by atoms with E-state index in [0.717, 1.165) is 28.4 Å². The molecule has 0 radical (unpaired) electrons. The van der Waals surface area contributed by atoms with Crippen molar-refractivity contribution >= 4 is 35.0 Å². The van der Waals surface area contributed by atoms with Crippen LogP contribution in [0.15, 0.2) is 91.3 Å². The number of phenols is 1. The number of pyridine rings is 1. The van der Waals surface area contributed by atoms with Gasteiger partial charge in [0.1, 0.15) is 16.8 Å². The van der Waals surface area contributed by atoms with Crippen LogP contribution in [0.1, 0.15) is 23.3 Å². The molecule has 1 fully saturated rings. The van der Waals surface area contributed by atoms with E-state index in [-0.39, 0.29) is 28.5 Å². The minimum Gasteiger partial charge on any atom is -0.508 e. The Bertz CT molecular complexity index is 1370. The maximum absolute atomic E-state index is 13.4. The van der Waals surface area contributed by atoms with Crippen molar-refractivity contribution in [2.24, 2.45) is 0 Å². The van der Waals surface area contributed by atoms with Gasteiger partial charge in [0.05, 0.1) is 12.1 Å². The van der Waals surface area contributed by atoms with Gasteiger partial charge in [-0.05, 0) is 59.2 Å². The molecular formula is C28H22ClFN2O3S. The standard InChI is InChI=1S/C28H22ClFN2O3S/c29-24-14-20(30)7-12-23(24)25(34)16-36-27-26(18-5-10-22(33)11-6-18)32(28(27)35)21-8-3-17(4-9-21)19-2-1-13-31-15-19/h1-15,25-27,33-34H,16H2/t25?,26?,27-/m1/s1. The normalized spacial score (nSPS) is 18.1. The summed E-state index contributed by atoms with van der Waals surface area (Å²) in [5, 5.41) is 20.1. The molecule has 1 amide bonds. The van der Waals surface area contributed by atoms with Crippen LogP contribution in [0.2, 0.25) is 5.02 Å². The van der Waals surface area contributed by atoms with E-state index in [4.69, 9.17) is 11.6 Å². The van der Waals surface area contributed by atoms with Gasteiger partial charge in [0.15, 0.2) is 0 Å². The maximum atomic E-state index is 13.4. The van der Waals surface area contributed by atoms with Crippen molar-refractivity contribution in [3.8, 4) is 16.9 Å². The first-order chi connectivity index (χ1) is 17.4. The first-order valence-corrected chi connectivity index (χ1v) is 12.7. The fraction of sp³-hybridized carbons (Fsp3) is 0.143. The van der Waals surface area contributed by atoms with Crippen LogP contribution in [0.4, 0.5) is 10.1 Å². The fourth-order valence-electron chi connectivity index (χ4n) is 4.31. The summed E-state index contributed by atoms with van der Waals surface area (Å²) in [5.74, 6) is -0.202. The number of carbonyl (C=O) groups is 1. The molecule has 8 heteroatoms. The fourth-order valence-corrected chi connectivity index (χ4v) is 5.89. The molecule has 5 rings (SSSR count). The molecule has 1 saturated heterocycles. The molecule has 3 aromatic carbocycles. The number of nitrogens with zero attached hydrogens (tertiary/aromatic N) is 2. The molecule has 0 bridgehead atoms. The number of aromatic hydroxyl groups is 1. The number of β-lactam (4-membered cyclic amide) rings is 1. The van der Waals surface area contributed by atoms with Crippen molar-refractivity contribution in [3.05, 3.63) is 113 Å². The average Bonchev–Trinajstić information content (AvgIpc) is 2.89. The summed E-state index contributed by atoms with van der Waals surface area (Å²) in [4.78, 5) is 19.2. The first kappa shape index (κ1) is 24.3. The van der Waals surface area contributed by atoms with Crippen molar-refractivity contribution < 1.29 is 19.4 Å². The predicted octanol–water partition coefficient (Wildman–Crippen LogP) is 6.17. The highest BCUT2D eigenvalue weighted by molar-refractivity contribution is 8.00. The lowest BCUT2D eigenvalue weighted by Crippen LogP contribution is -2.57. The topological polar surface area (TPSA) is 73.7 Å². The monoisotopic (exact) mass is 520 g/mol. The zero-order chi connectivity index (χ0) is 25.2. The Kier molecular flexibility index (Phi) is 6.96. The minimum atomic E-state index is -0.954. The van der Waals surface area contributed by atoms with Crippen molar-refractivity contribution in [2.75, 3.05) is 10.7 Å². The molecule has 0 saturated carbocycles. The SMILES string of the molecule is O=C1[C@H](SCC(O)c2ccc(F)cc2Cl)C(c2ccc(O)cc2)N1c1ccc(-c2cccnc2)cc1. The number of hydrogen-bond donors (Lipinski definition) is 2. The van der Waals surface area contributed by atoms with E-state index >= 15 is 0 Å². The van der Waals surface area contributed by atoms with Crippen LogP contribution in [0.25, 0.3) is 11.1 Å². The van der Waals surface area contributed by atoms with Crippen LogP contribution >= 0.6 is 23.4 Å². The number of aliphatic hydroxyl groups is 1. The number of benzene rings is 3. The summed E-state index contributed by atoms with van der Waals surface area (Å²) in [6.07, 6.45) is 2.55. The Morgan fingerprint density at radius 3 is 2.44 bits per heavy atom. The lowest BCUT2D eigenvalue weighted by molar-refractivity contribution is -0.123. The Morgan fingerprint density at radius 1 is 1.03 bits per heavy atom. The molecule has 1 aliphatic heterocycles. The number of aromatic nitrogens is 1. The third-order valence-electron chi connectivity index (χ3n) is 6.18. The van der Waals surface area contributed by atoms with E-state index in [1.807, 2.05) is 36.4 Å². The van der Waals surface area contributed by atoms with Gasteiger partial charge in [-0.2, -0.15) is 0 Å². The summed E-state index contributed by atoms with van der Waals surface area (Å²) >= 11 is 7.43. The van der Waals surface area contributed by atoms with Crippen LogP contribution < -0.4 is 4.90 Å². The van der Waals surface area contributed by atoms with Gasteiger partial charge in [0, 0.05) is 34.4 Å². The number of thioether (sulfide) groups is 1. The smallest absolute Gasteiger partial charge is 0.243 e. The Labute approximate surface area is 217 Å². The zero-order valence-electron chi connectivity index (χ0n) is 19.0. The molecule has 5 nitrogen and oxygen atoms in total. The Balaban J connectivity index is 1.38. The molecule has 182 valence electrons. The van der Waals surface area contributed by atoms with E-state index in [0.29, 0.717) is 5.56 Å². The number of rotatable bonds is 7. The van der Waals surface area contributed by atoms with Crippen LogP contribution in [0.5, 0.6) is 5.75 Å². The van der Waals surface area contributed by atoms with E-state index in [1.54, 1.807) is 41.6 Å². The quantitative estimate of drug-likeness (QED) is 0.285. The summed E-state index contributed by atoms with van der Waals surface area (Å²) in [5.41, 5.74) is 4.02. The summed E-state index contributed by atoms with van der Waals surface area (Å²) in [6.45, 7) is 0. The van der Waals surface area contributed by atoms with E-state index in [1.165, 1.54) is 23.9 Å². The molecule has 1 aliphatic rings. The first-order valence-electron chi connectivity index (χ1n) is 11.3. The average molecular weight is 521 g/mol. The van der Waals surface area contributed by atoms with Gasteiger partial charge < -0.3 is 15.1 Å². The van der Waals surface area contributed by atoms with Gasteiger partial charge in [0.2, 0.25) is 5.91 Å². The Hall–Kier alpha value is -3.39. The lowest BCUT2D eigenvalue weighted by atomic mass is 9.92. The van der Waals surface area contributed by atoms with Crippen LogP contribution in [-0.4, -0.2) is 32.1 Å². The molecule has 36 heavy (non-hydrogen) atoms. The van der Waals surface area contributed by atoms with Crippen LogP contribution in [-0.2, 0) is 4.79 Å². The molecule has 2 heterocycles. The van der Waals surface area contributed by atoms with E-state index < -0.39 is 17.2 Å². The highest BCUT2D eigenvalue weighted by atomic mass is 35.5. The van der Waals surface area contributed by atoms with Gasteiger partial charge >= 0.3 is 0 Å². The largest absolute Gasteiger partial charge is 0.508 e. The van der Waals surface area contributed by atoms with Crippen molar-refractivity contribution in [2.45, 2.75) is 17.4 Å². The summed E-state index contributed by atoms with van der Waals surface area (Å²) in [7, 11) is 0. The zero-order valence-corrected chi connectivity index (χ0v) is 20.5. The number of carbonyl (C=O) groups excluding carboxylic acids is 1. The highest BCUT2D eigenvalue weighted by Crippen LogP contribution is 2.46. The van der Waals surface area contributed by atoms with Gasteiger partial charge in [-0.1, -0.05) is 48.0 Å². The van der Waals surface area contributed by atoms with Gasteiger partial charge in [-0.3, -0.25) is 9.78 Å². The molecule has 0 spiro atoms. The predicted molar refractivity (Wildman–Crippen MR) is 141 cm³/mol. The lowest BCUT2D eigenvalue weighted by Gasteiger charge is -2.47. The van der Waals surface area contributed by atoms with E-state index in [9.17, 15) is 19.4 Å². The second-order valence-electron chi connectivity index (χ2n) is 8.47. The van der Waals surface area contributed by atoms with Gasteiger partial charge in [-0.25, -0.2) is 4.39 Å². The molecule has 2 N–H and O–H groups in total. The number of aliphatic hydroxyl groups excluding tert-OH is 1. The number of halogens is 2. The Morgan fingerprint density at radius 2 is 1.78 bits per heavy atom. The van der Waals surface area contributed by atoms with Crippen molar-refractivity contribution in [1.82, 2.24) is 4.98 Å². The number of amides is 1.